The van der Waals surface area contributed by atoms with Crippen LogP contribution < -0.4 is 9.64 Å². The molecule has 1 aromatic heterocycles. The van der Waals surface area contributed by atoms with Crippen LogP contribution in [-0.2, 0) is 21.6 Å². The van der Waals surface area contributed by atoms with Crippen LogP contribution in [0.2, 0.25) is 0 Å². The van der Waals surface area contributed by atoms with Crippen molar-refractivity contribution in [1.82, 2.24) is 4.98 Å². The number of hydrogen-bond acceptors (Lipinski definition) is 7. The number of nitrogens with zero attached hydrogens (tertiary/aromatic N) is 2. The fourth-order valence-corrected chi connectivity index (χ4v) is 6.11. The predicted molar refractivity (Wildman–Crippen MR) is 169 cm³/mol. The minimum Gasteiger partial charge on any atom is -0.507 e. The van der Waals surface area contributed by atoms with Crippen LogP contribution in [0.4, 0.5) is 5.13 Å². The van der Waals surface area contributed by atoms with Crippen LogP contribution in [0.3, 0.4) is 0 Å². The molecule has 0 saturated carbocycles. The summed E-state index contributed by atoms with van der Waals surface area (Å²) in [5.41, 5.74) is 4.63. The van der Waals surface area contributed by atoms with E-state index in [-0.39, 0.29) is 27.7 Å². The molecule has 43 heavy (non-hydrogen) atoms. The van der Waals surface area contributed by atoms with Crippen molar-refractivity contribution < 1.29 is 24.2 Å². The smallest absolute Gasteiger partial charge is 0.301 e. The second kappa shape index (κ2) is 11.6. The van der Waals surface area contributed by atoms with Crippen molar-refractivity contribution in [2.24, 2.45) is 0 Å². The Morgan fingerprint density at radius 1 is 0.977 bits per heavy atom. The van der Waals surface area contributed by atoms with Gasteiger partial charge in [0, 0.05) is 12.5 Å². The molecule has 1 unspecified atom stereocenters. The van der Waals surface area contributed by atoms with E-state index in [0.29, 0.717) is 34.1 Å². The molecule has 7 nitrogen and oxygen atoms in total. The Morgan fingerprint density at radius 2 is 1.63 bits per heavy atom. The molecule has 1 aliphatic heterocycles. The van der Waals surface area contributed by atoms with Gasteiger partial charge in [0.15, 0.2) is 10.9 Å². The average molecular weight is 595 g/mol. The first kappa shape index (κ1) is 29.9. The van der Waals surface area contributed by atoms with E-state index < -0.39 is 17.7 Å². The number of ketones is 2. The Morgan fingerprint density at radius 3 is 2.21 bits per heavy atom. The number of thiazole rings is 1. The Bertz CT molecular complexity index is 1740. The number of rotatable bonds is 7. The number of carbonyl (C=O) groups excluding carboxylic acids is 3. The zero-order valence-corrected chi connectivity index (χ0v) is 25.9. The number of amides is 1. The van der Waals surface area contributed by atoms with Crippen LogP contribution in [0.15, 0.2) is 78.4 Å². The van der Waals surface area contributed by atoms with Crippen molar-refractivity contribution in [2.45, 2.75) is 59.6 Å². The third kappa shape index (κ3) is 5.88. The van der Waals surface area contributed by atoms with Gasteiger partial charge in [0.2, 0.25) is 0 Å². The molecule has 2 heterocycles. The van der Waals surface area contributed by atoms with E-state index in [4.69, 9.17) is 4.74 Å². The van der Waals surface area contributed by atoms with Crippen molar-refractivity contribution >= 4 is 39.7 Å². The molecular weight excluding hydrogens is 560 g/mol. The summed E-state index contributed by atoms with van der Waals surface area (Å²) in [6.07, 6.45) is 0. The molecule has 0 spiro atoms. The molecule has 220 valence electrons. The molecule has 3 aromatic carbocycles. The van der Waals surface area contributed by atoms with Crippen molar-refractivity contribution in [3.8, 4) is 5.75 Å². The fourth-order valence-electron chi connectivity index (χ4n) is 5.12. The lowest BCUT2D eigenvalue weighted by Crippen LogP contribution is -2.29. The SMILES string of the molecule is CC(=O)c1sc(N2C(=O)C(=O)C(=C(O)c3ccc(OCc4ccccc4C)cc3)C2c2ccc(C(C)(C)C)cc2)nc1C. The molecule has 1 N–H and O–H groups in total. The maximum absolute atomic E-state index is 13.6. The highest BCUT2D eigenvalue weighted by molar-refractivity contribution is 7.18. The minimum absolute atomic E-state index is 0.0423. The Kier molecular flexibility index (Phi) is 8.08. The van der Waals surface area contributed by atoms with E-state index in [0.717, 1.165) is 28.0 Å². The van der Waals surface area contributed by atoms with Crippen LogP contribution in [0.25, 0.3) is 5.76 Å². The number of aliphatic hydroxyl groups is 1. The number of ether oxygens (including phenoxy) is 1. The monoisotopic (exact) mass is 594 g/mol. The lowest BCUT2D eigenvalue weighted by atomic mass is 9.85. The number of aryl methyl sites for hydroxylation is 2. The van der Waals surface area contributed by atoms with Gasteiger partial charge in [-0.3, -0.25) is 19.3 Å². The quantitative estimate of drug-likeness (QED) is 0.103. The number of carbonyl (C=O) groups is 3. The third-order valence-electron chi connectivity index (χ3n) is 7.63. The first-order chi connectivity index (χ1) is 20.4. The van der Waals surface area contributed by atoms with Gasteiger partial charge in [0.05, 0.1) is 22.2 Å². The van der Waals surface area contributed by atoms with E-state index in [1.54, 1.807) is 31.2 Å². The van der Waals surface area contributed by atoms with Crippen molar-refractivity contribution in [3.63, 3.8) is 0 Å². The van der Waals surface area contributed by atoms with Gasteiger partial charge in [-0.2, -0.15) is 0 Å². The minimum atomic E-state index is -0.934. The second-order valence-corrected chi connectivity index (χ2v) is 12.7. The number of aliphatic hydroxyl groups excluding tert-OH is 1. The van der Waals surface area contributed by atoms with Crippen molar-refractivity contribution in [2.75, 3.05) is 4.90 Å². The Hall–Kier alpha value is -4.56. The average Bonchev–Trinajstić information content (AvgIpc) is 3.48. The molecule has 0 aliphatic carbocycles. The lowest BCUT2D eigenvalue weighted by molar-refractivity contribution is -0.132. The van der Waals surface area contributed by atoms with Crippen LogP contribution in [-0.4, -0.2) is 27.6 Å². The number of aromatic nitrogens is 1. The van der Waals surface area contributed by atoms with Gasteiger partial charge in [-0.15, -0.1) is 0 Å². The number of hydrogen-bond donors (Lipinski definition) is 1. The zero-order chi connectivity index (χ0) is 31.1. The zero-order valence-electron chi connectivity index (χ0n) is 25.1. The maximum atomic E-state index is 13.6. The fraction of sp³-hybridized carbons (Fsp3) is 0.257. The molecule has 0 radical (unpaired) electrons. The van der Waals surface area contributed by atoms with E-state index in [2.05, 4.69) is 25.8 Å². The molecular formula is C35H34N2O5S. The van der Waals surface area contributed by atoms with Gasteiger partial charge in [-0.25, -0.2) is 4.98 Å². The highest BCUT2D eigenvalue weighted by Gasteiger charge is 2.48. The summed E-state index contributed by atoms with van der Waals surface area (Å²) < 4.78 is 5.95. The van der Waals surface area contributed by atoms with Crippen LogP contribution >= 0.6 is 11.3 Å². The first-order valence-electron chi connectivity index (χ1n) is 14.0. The molecule has 0 bridgehead atoms. The topological polar surface area (TPSA) is 96.8 Å². The van der Waals surface area contributed by atoms with E-state index in [1.807, 2.05) is 55.5 Å². The summed E-state index contributed by atoms with van der Waals surface area (Å²) in [6.45, 7) is 11.9. The summed E-state index contributed by atoms with van der Waals surface area (Å²) >= 11 is 1.06. The van der Waals surface area contributed by atoms with E-state index in [9.17, 15) is 19.5 Å². The van der Waals surface area contributed by atoms with Crippen LogP contribution in [0.5, 0.6) is 5.75 Å². The van der Waals surface area contributed by atoms with E-state index >= 15 is 0 Å². The molecule has 4 aromatic rings. The van der Waals surface area contributed by atoms with Gasteiger partial charge in [-0.05, 0) is 65.8 Å². The Labute approximate surface area is 255 Å². The van der Waals surface area contributed by atoms with Gasteiger partial charge in [-0.1, -0.05) is 80.6 Å². The second-order valence-electron chi connectivity index (χ2n) is 11.7. The Balaban J connectivity index is 1.55. The maximum Gasteiger partial charge on any atom is 0.301 e. The van der Waals surface area contributed by atoms with Gasteiger partial charge >= 0.3 is 5.91 Å². The summed E-state index contributed by atoms with van der Waals surface area (Å²) in [6, 6.07) is 21.5. The standard InChI is InChI=1S/C35H34N2O5S/c1-20-9-7-8-10-25(20)19-42-27-17-13-24(14-18-27)30(39)28-29(23-11-15-26(16-12-23)35(4,5)6)37(33(41)31(28)40)34-36-21(2)32(43-34)22(3)38/h7-18,29,39H,19H2,1-6H3. The van der Waals surface area contributed by atoms with E-state index in [1.165, 1.54) is 11.8 Å². The molecule has 1 saturated heterocycles. The number of anilines is 1. The molecule has 1 amide bonds. The first-order valence-corrected chi connectivity index (χ1v) is 14.9. The lowest BCUT2D eigenvalue weighted by Gasteiger charge is -2.24. The number of benzene rings is 3. The normalized spacial score (nSPS) is 16.5. The molecule has 1 atom stereocenters. The highest BCUT2D eigenvalue weighted by atomic mass is 32.1. The van der Waals surface area contributed by atoms with Crippen LogP contribution in [0.1, 0.15) is 76.9 Å². The molecule has 8 heteroatoms. The van der Waals surface area contributed by atoms with Crippen LogP contribution in [0, 0.1) is 13.8 Å². The summed E-state index contributed by atoms with van der Waals surface area (Å²) in [5.74, 6) is -1.50. The predicted octanol–water partition coefficient (Wildman–Crippen LogP) is 7.47. The summed E-state index contributed by atoms with van der Waals surface area (Å²) in [5, 5.41) is 11.8. The largest absolute Gasteiger partial charge is 0.507 e. The number of Topliss-reactive ketones (excluding diaryl/α,β-unsaturated/α-hetero) is 2. The van der Waals surface area contributed by atoms with Gasteiger partial charge in [0.25, 0.3) is 5.78 Å². The summed E-state index contributed by atoms with van der Waals surface area (Å²) in [7, 11) is 0. The molecule has 1 fully saturated rings. The van der Waals surface area contributed by atoms with Gasteiger partial charge in [0.1, 0.15) is 18.1 Å². The summed E-state index contributed by atoms with van der Waals surface area (Å²) in [4.78, 5) is 45.5. The highest BCUT2D eigenvalue weighted by Crippen LogP contribution is 2.44. The molecule has 1 aliphatic rings. The van der Waals surface area contributed by atoms with Gasteiger partial charge < -0.3 is 9.84 Å². The third-order valence-corrected chi connectivity index (χ3v) is 8.89. The molecule has 5 rings (SSSR count). The van der Waals surface area contributed by atoms with Crippen molar-refractivity contribution in [3.05, 3.63) is 117 Å². The van der Waals surface area contributed by atoms with Crippen molar-refractivity contribution in [1.29, 1.82) is 0 Å².